The van der Waals surface area contributed by atoms with E-state index in [1.807, 2.05) is 41.3 Å². The third kappa shape index (κ3) is 7.25. The van der Waals surface area contributed by atoms with Gasteiger partial charge in [0, 0.05) is 36.8 Å². The smallest absolute Gasteiger partial charge is 0.246 e. The number of hydrogen-bond acceptors (Lipinski definition) is 5. The summed E-state index contributed by atoms with van der Waals surface area (Å²) in [6.45, 7) is 4.15. The molecule has 0 saturated carbocycles. The van der Waals surface area contributed by atoms with Crippen LogP contribution in [0.1, 0.15) is 42.9 Å². The standard InChI is InChI=1S/C28H36BrN3O4.ClH/c1-35-20-26(33)30-24(23-5-3-4-6-25(23)36-2)11-15-31-16-12-28(13-17-31)14-18-32(27(28)34)19-21-7-9-22(29)10-8-21;/h3-10,24H,11-20H2,1-2H3,(H,30,33);1H. The van der Waals surface area contributed by atoms with E-state index in [-0.39, 0.29) is 36.4 Å². The van der Waals surface area contributed by atoms with Gasteiger partial charge in [0.25, 0.3) is 0 Å². The van der Waals surface area contributed by atoms with E-state index in [1.54, 1.807) is 7.11 Å². The summed E-state index contributed by atoms with van der Waals surface area (Å²) in [4.78, 5) is 30.2. The summed E-state index contributed by atoms with van der Waals surface area (Å²) in [5.41, 5.74) is 1.91. The first-order chi connectivity index (χ1) is 17.4. The number of amides is 2. The van der Waals surface area contributed by atoms with Crippen molar-refractivity contribution >= 4 is 40.2 Å². The third-order valence-corrected chi connectivity index (χ3v) is 8.09. The van der Waals surface area contributed by atoms with Crippen LogP contribution in [-0.2, 0) is 20.9 Å². The Morgan fingerprint density at radius 2 is 1.73 bits per heavy atom. The fraction of sp³-hybridized carbons (Fsp3) is 0.500. The van der Waals surface area contributed by atoms with Gasteiger partial charge in [-0.1, -0.05) is 46.3 Å². The van der Waals surface area contributed by atoms with Gasteiger partial charge in [0.2, 0.25) is 11.8 Å². The second-order valence-corrected chi connectivity index (χ2v) is 10.7. The minimum atomic E-state index is -0.222. The van der Waals surface area contributed by atoms with E-state index in [4.69, 9.17) is 9.47 Å². The van der Waals surface area contributed by atoms with Gasteiger partial charge in [-0.15, -0.1) is 12.4 Å². The minimum absolute atomic E-state index is 0. The molecule has 0 aromatic heterocycles. The maximum Gasteiger partial charge on any atom is 0.246 e. The monoisotopic (exact) mass is 593 g/mol. The summed E-state index contributed by atoms with van der Waals surface area (Å²) in [5.74, 6) is 0.928. The zero-order valence-corrected chi connectivity index (χ0v) is 24.0. The number of methoxy groups -OCH3 is 2. The minimum Gasteiger partial charge on any atom is -0.496 e. The predicted molar refractivity (Wildman–Crippen MR) is 150 cm³/mol. The SMILES string of the molecule is COCC(=O)NC(CCN1CCC2(CC1)CCN(Cc1ccc(Br)cc1)C2=O)c1ccccc1OC.Cl. The summed E-state index contributed by atoms with van der Waals surface area (Å²) in [7, 11) is 3.17. The van der Waals surface area contributed by atoms with Crippen LogP contribution in [0, 0.1) is 5.41 Å². The Morgan fingerprint density at radius 3 is 2.41 bits per heavy atom. The van der Waals surface area contributed by atoms with Crippen LogP contribution in [0.25, 0.3) is 0 Å². The topological polar surface area (TPSA) is 71.1 Å². The van der Waals surface area contributed by atoms with Crippen LogP contribution < -0.4 is 10.1 Å². The predicted octanol–water partition coefficient (Wildman–Crippen LogP) is 4.59. The molecule has 2 heterocycles. The number of ether oxygens (including phenoxy) is 2. The highest BCUT2D eigenvalue weighted by Gasteiger charge is 2.47. The molecule has 2 aromatic rings. The fourth-order valence-electron chi connectivity index (χ4n) is 5.46. The highest BCUT2D eigenvalue weighted by molar-refractivity contribution is 9.10. The Morgan fingerprint density at radius 1 is 1.05 bits per heavy atom. The summed E-state index contributed by atoms with van der Waals surface area (Å²) < 4.78 is 11.6. The number of halogens is 2. The maximum atomic E-state index is 13.4. The van der Waals surface area contributed by atoms with Crippen molar-refractivity contribution in [1.29, 1.82) is 0 Å². The molecule has 1 unspecified atom stereocenters. The lowest BCUT2D eigenvalue weighted by atomic mass is 9.77. The summed E-state index contributed by atoms with van der Waals surface area (Å²) in [5, 5.41) is 3.10. The van der Waals surface area contributed by atoms with E-state index >= 15 is 0 Å². The zero-order valence-electron chi connectivity index (χ0n) is 21.6. The number of carbonyl (C=O) groups is 2. The molecule has 1 spiro atoms. The van der Waals surface area contributed by atoms with Gasteiger partial charge in [0.1, 0.15) is 12.4 Å². The Labute approximate surface area is 234 Å². The summed E-state index contributed by atoms with van der Waals surface area (Å²) in [6.07, 6.45) is 3.47. The first-order valence-electron chi connectivity index (χ1n) is 12.6. The molecule has 7 nitrogen and oxygen atoms in total. The number of carbonyl (C=O) groups excluding carboxylic acids is 2. The number of hydrogen-bond donors (Lipinski definition) is 1. The van der Waals surface area contributed by atoms with Crippen molar-refractivity contribution in [1.82, 2.24) is 15.1 Å². The highest BCUT2D eigenvalue weighted by Crippen LogP contribution is 2.42. The van der Waals surface area contributed by atoms with Crippen molar-refractivity contribution in [2.45, 2.75) is 38.3 Å². The molecule has 202 valence electrons. The van der Waals surface area contributed by atoms with Gasteiger partial charge in [-0.25, -0.2) is 0 Å². The Bertz CT molecular complexity index is 1040. The first kappa shape index (κ1) is 29.4. The number of nitrogens with one attached hydrogen (secondary N) is 1. The molecule has 0 aliphatic carbocycles. The van der Waals surface area contributed by atoms with E-state index < -0.39 is 0 Å². The lowest BCUT2D eigenvalue weighted by molar-refractivity contribution is -0.139. The number of nitrogens with zero attached hydrogens (tertiary/aromatic N) is 2. The lowest BCUT2D eigenvalue weighted by Crippen LogP contribution is -2.45. The van der Waals surface area contributed by atoms with Crippen LogP contribution in [0.5, 0.6) is 5.75 Å². The van der Waals surface area contributed by atoms with E-state index in [1.165, 1.54) is 12.7 Å². The van der Waals surface area contributed by atoms with Crippen molar-refractivity contribution in [3.63, 3.8) is 0 Å². The molecular weight excluding hydrogens is 558 g/mol. The van der Waals surface area contributed by atoms with Gasteiger partial charge < -0.3 is 24.6 Å². The molecule has 4 rings (SSSR count). The second-order valence-electron chi connectivity index (χ2n) is 9.81. The van der Waals surface area contributed by atoms with Gasteiger partial charge >= 0.3 is 0 Å². The van der Waals surface area contributed by atoms with Crippen LogP contribution in [0.15, 0.2) is 53.0 Å². The fourth-order valence-corrected chi connectivity index (χ4v) is 5.73. The molecule has 0 radical (unpaired) electrons. The molecule has 2 saturated heterocycles. The number of para-hydroxylation sites is 1. The Hall–Kier alpha value is -2.13. The van der Waals surface area contributed by atoms with Crippen molar-refractivity contribution in [2.75, 3.05) is 47.0 Å². The molecule has 2 fully saturated rings. The molecule has 1 N–H and O–H groups in total. The molecule has 9 heteroatoms. The summed E-state index contributed by atoms with van der Waals surface area (Å²) >= 11 is 3.48. The van der Waals surface area contributed by atoms with Crippen molar-refractivity contribution in [3.8, 4) is 5.75 Å². The molecule has 2 amide bonds. The van der Waals surface area contributed by atoms with E-state index in [0.29, 0.717) is 12.5 Å². The van der Waals surface area contributed by atoms with Crippen LogP contribution in [-0.4, -0.2) is 68.6 Å². The van der Waals surface area contributed by atoms with Gasteiger partial charge in [-0.2, -0.15) is 0 Å². The van der Waals surface area contributed by atoms with Crippen LogP contribution in [0.2, 0.25) is 0 Å². The molecule has 2 aliphatic rings. The quantitative estimate of drug-likeness (QED) is 0.436. The first-order valence-corrected chi connectivity index (χ1v) is 13.4. The molecule has 37 heavy (non-hydrogen) atoms. The number of piperidine rings is 1. The van der Waals surface area contributed by atoms with Crippen molar-refractivity contribution < 1.29 is 19.1 Å². The molecule has 2 aromatic carbocycles. The van der Waals surface area contributed by atoms with E-state index in [9.17, 15) is 9.59 Å². The van der Waals surface area contributed by atoms with Crippen molar-refractivity contribution in [3.05, 3.63) is 64.1 Å². The maximum absolute atomic E-state index is 13.4. The number of rotatable bonds is 10. The summed E-state index contributed by atoms with van der Waals surface area (Å²) in [6, 6.07) is 15.8. The van der Waals surface area contributed by atoms with Gasteiger partial charge in [0.05, 0.1) is 18.6 Å². The van der Waals surface area contributed by atoms with Crippen LogP contribution in [0.4, 0.5) is 0 Å². The average molecular weight is 595 g/mol. The average Bonchev–Trinajstić information content (AvgIpc) is 3.18. The molecule has 1 atom stereocenters. The Kier molecular flexibility index (Phi) is 10.8. The van der Waals surface area contributed by atoms with Crippen molar-refractivity contribution in [2.24, 2.45) is 5.41 Å². The largest absolute Gasteiger partial charge is 0.496 e. The normalized spacial score (nSPS) is 17.9. The van der Waals surface area contributed by atoms with Crippen LogP contribution >= 0.6 is 28.3 Å². The van der Waals surface area contributed by atoms with Gasteiger partial charge in [0.15, 0.2) is 0 Å². The lowest BCUT2D eigenvalue weighted by Gasteiger charge is -2.38. The highest BCUT2D eigenvalue weighted by atomic mass is 79.9. The second kappa shape index (κ2) is 13.6. The zero-order chi connectivity index (χ0) is 25.5. The van der Waals surface area contributed by atoms with Gasteiger partial charge in [-0.3, -0.25) is 9.59 Å². The molecule has 0 bridgehead atoms. The third-order valence-electron chi connectivity index (χ3n) is 7.56. The molecular formula is C28H37BrClN3O4. The van der Waals surface area contributed by atoms with E-state index in [0.717, 1.165) is 67.6 Å². The number of benzene rings is 2. The van der Waals surface area contributed by atoms with E-state index in [2.05, 4.69) is 38.3 Å². The Balaban J connectivity index is 0.00000380. The number of likely N-dealkylation sites (tertiary alicyclic amines) is 2. The van der Waals surface area contributed by atoms with Gasteiger partial charge in [-0.05, 0) is 62.5 Å². The molecule has 2 aliphatic heterocycles. The van der Waals surface area contributed by atoms with Crippen LogP contribution in [0.3, 0.4) is 0 Å².